The molecule has 0 N–H and O–H groups in total. The monoisotopic (exact) mass is 454 g/mol. The molecule has 0 aliphatic carbocycles. The summed E-state index contributed by atoms with van der Waals surface area (Å²) < 4.78 is 5.88. The summed E-state index contributed by atoms with van der Waals surface area (Å²) in [5, 5.41) is 12.6. The summed E-state index contributed by atoms with van der Waals surface area (Å²) in [6.45, 7) is 0. The molecular weight excluding hydrogens is 440 g/mol. The van der Waals surface area contributed by atoms with E-state index in [1.807, 2.05) is 42.5 Å². The zero-order chi connectivity index (χ0) is 22.8. The predicted molar refractivity (Wildman–Crippen MR) is 126 cm³/mol. The standard InChI is InChI=1S/C25H15ClN4O3/c26-19-10-5-16(6-11-19)21-15-22(17-7-12-20(13-8-17)30(31)32)28-25(27-21)29-24-14-9-18-3-1-2-4-23(18)33-24/h1-15H/b29-24+. The first-order valence-corrected chi connectivity index (χ1v) is 10.4. The highest BCUT2D eigenvalue weighted by Gasteiger charge is 2.11. The maximum atomic E-state index is 11.0. The molecule has 160 valence electrons. The molecule has 2 aromatic heterocycles. The third kappa shape index (κ3) is 4.49. The number of benzene rings is 3. The van der Waals surface area contributed by atoms with Crippen LogP contribution >= 0.6 is 11.6 Å². The highest BCUT2D eigenvalue weighted by atomic mass is 35.5. The van der Waals surface area contributed by atoms with Crippen LogP contribution in [0.25, 0.3) is 33.5 Å². The molecule has 5 rings (SSSR count). The maximum absolute atomic E-state index is 11.0. The first-order valence-electron chi connectivity index (χ1n) is 9.99. The van der Waals surface area contributed by atoms with E-state index in [2.05, 4.69) is 15.0 Å². The van der Waals surface area contributed by atoms with Crippen molar-refractivity contribution in [3.8, 4) is 22.5 Å². The summed E-state index contributed by atoms with van der Waals surface area (Å²) in [7, 11) is 0. The summed E-state index contributed by atoms with van der Waals surface area (Å²) in [4.78, 5) is 24.2. The third-order valence-corrected chi connectivity index (χ3v) is 5.23. The van der Waals surface area contributed by atoms with Gasteiger partial charge in [-0.15, -0.1) is 0 Å². The van der Waals surface area contributed by atoms with Gasteiger partial charge in [0.1, 0.15) is 5.58 Å². The van der Waals surface area contributed by atoms with Gasteiger partial charge in [-0.25, -0.2) is 9.97 Å². The number of non-ortho nitro benzene ring substituents is 1. The lowest BCUT2D eigenvalue weighted by atomic mass is 10.1. The van der Waals surface area contributed by atoms with Gasteiger partial charge in [0, 0.05) is 39.7 Å². The number of aromatic nitrogens is 2. The predicted octanol–water partition coefficient (Wildman–Crippen LogP) is 6.35. The van der Waals surface area contributed by atoms with Gasteiger partial charge in [0.2, 0.25) is 5.55 Å². The summed E-state index contributed by atoms with van der Waals surface area (Å²) in [5.74, 6) is 0.204. The molecule has 0 fully saturated rings. The smallest absolute Gasteiger partial charge is 0.269 e. The van der Waals surface area contributed by atoms with Gasteiger partial charge in [0.05, 0.1) is 16.3 Å². The largest absolute Gasteiger partial charge is 0.438 e. The summed E-state index contributed by atoms with van der Waals surface area (Å²) in [6, 6.07) is 26.6. The van der Waals surface area contributed by atoms with Crippen LogP contribution in [0.4, 0.5) is 11.6 Å². The first-order chi connectivity index (χ1) is 16.0. The number of hydrogen-bond donors (Lipinski definition) is 0. The van der Waals surface area contributed by atoms with Crippen LogP contribution < -0.4 is 5.55 Å². The van der Waals surface area contributed by atoms with Crippen LogP contribution in [0.5, 0.6) is 0 Å². The Morgan fingerprint density at radius 3 is 2.12 bits per heavy atom. The number of nitro benzene ring substituents is 1. The molecular formula is C25H15ClN4O3. The van der Waals surface area contributed by atoms with Gasteiger partial charge in [0.15, 0.2) is 0 Å². The highest BCUT2D eigenvalue weighted by molar-refractivity contribution is 6.30. The maximum Gasteiger partial charge on any atom is 0.269 e. The van der Waals surface area contributed by atoms with Gasteiger partial charge < -0.3 is 4.42 Å². The van der Waals surface area contributed by atoms with E-state index in [0.29, 0.717) is 33.1 Å². The molecule has 8 heteroatoms. The van der Waals surface area contributed by atoms with Crippen LogP contribution in [0.2, 0.25) is 5.02 Å². The topological polar surface area (TPSA) is 94.4 Å². The molecule has 2 heterocycles. The van der Waals surface area contributed by atoms with E-state index in [-0.39, 0.29) is 11.6 Å². The Morgan fingerprint density at radius 1 is 0.818 bits per heavy atom. The van der Waals surface area contributed by atoms with Crippen molar-refractivity contribution in [3.63, 3.8) is 0 Å². The van der Waals surface area contributed by atoms with Crippen LogP contribution in [0.1, 0.15) is 0 Å². The Morgan fingerprint density at radius 2 is 1.45 bits per heavy atom. The van der Waals surface area contributed by atoms with Crippen molar-refractivity contribution in [2.75, 3.05) is 0 Å². The van der Waals surface area contributed by atoms with Gasteiger partial charge in [-0.3, -0.25) is 10.1 Å². The fourth-order valence-corrected chi connectivity index (χ4v) is 3.46. The minimum absolute atomic E-state index is 0.00519. The molecule has 33 heavy (non-hydrogen) atoms. The normalized spacial score (nSPS) is 11.6. The number of fused-ring (bicyclic) bond motifs is 1. The molecule has 0 amide bonds. The van der Waals surface area contributed by atoms with E-state index in [1.165, 1.54) is 12.1 Å². The molecule has 3 aromatic carbocycles. The van der Waals surface area contributed by atoms with Gasteiger partial charge in [0.25, 0.3) is 11.6 Å². The average molecular weight is 455 g/mol. The second kappa shape index (κ2) is 8.64. The molecule has 0 aliphatic rings. The Hall–Kier alpha value is -4.36. The quantitative estimate of drug-likeness (QED) is 0.233. The van der Waals surface area contributed by atoms with Crippen LogP contribution in [0.15, 0.2) is 100 Å². The summed E-state index contributed by atoms with van der Waals surface area (Å²) >= 11 is 6.03. The number of hydrogen-bond acceptors (Lipinski definition) is 6. The molecule has 0 bridgehead atoms. The fourth-order valence-electron chi connectivity index (χ4n) is 3.33. The van der Waals surface area contributed by atoms with Crippen LogP contribution in [0.3, 0.4) is 0 Å². The molecule has 0 saturated carbocycles. The van der Waals surface area contributed by atoms with Crippen LogP contribution in [-0.4, -0.2) is 14.9 Å². The van der Waals surface area contributed by atoms with E-state index in [4.69, 9.17) is 16.0 Å². The number of para-hydroxylation sites is 1. The number of rotatable bonds is 4. The van der Waals surface area contributed by atoms with E-state index in [1.54, 1.807) is 36.4 Å². The fraction of sp³-hybridized carbons (Fsp3) is 0. The molecule has 0 spiro atoms. The highest BCUT2D eigenvalue weighted by Crippen LogP contribution is 2.28. The van der Waals surface area contributed by atoms with Gasteiger partial charge in [-0.2, -0.15) is 4.99 Å². The van der Waals surface area contributed by atoms with E-state index < -0.39 is 4.92 Å². The Balaban J connectivity index is 1.65. The lowest BCUT2D eigenvalue weighted by Crippen LogP contribution is -2.00. The summed E-state index contributed by atoms with van der Waals surface area (Å²) in [6.07, 6.45) is 0. The lowest BCUT2D eigenvalue weighted by Gasteiger charge is -2.07. The van der Waals surface area contributed by atoms with E-state index in [0.717, 1.165) is 10.9 Å². The number of nitrogens with zero attached hydrogens (tertiary/aromatic N) is 4. The Kier molecular flexibility index (Phi) is 5.38. The zero-order valence-electron chi connectivity index (χ0n) is 17.1. The Bertz CT molecular complexity index is 1550. The van der Waals surface area contributed by atoms with Crippen LogP contribution in [0, 0.1) is 10.1 Å². The van der Waals surface area contributed by atoms with Gasteiger partial charge in [-0.1, -0.05) is 41.9 Å². The van der Waals surface area contributed by atoms with Crippen molar-refractivity contribution in [1.29, 1.82) is 0 Å². The molecule has 0 unspecified atom stereocenters. The van der Waals surface area contributed by atoms with Gasteiger partial charge in [-0.05, 0) is 42.5 Å². The Labute approximate surface area is 192 Å². The molecule has 0 radical (unpaired) electrons. The van der Waals surface area contributed by atoms with E-state index in [9.17, 15) is 10.1 Å². The minimum atomic E-state index is -0.440. The zero-order valence-corrected chi connectivity index (χ0v) is 17.8. The number of nitro groups is 1. The average Bonchev–Trinajstić information content (AvgIpc) is 2.84. The third-order valence-electron chi connectivity index (χ3n) is 4.98. The molecule has 0 saturated heterocycles. The van der Waals surface area contributed by atoms with Crippen molar-refractivity contribution in [1.82, 2.24) is 9.97 Å². The minimum Gasteiger partial charge on any atom is -0.438 e. The molecule has 0 aliphatic heterocycles. The molecule has 0 atom stereocenters. The SMILES string of the molecule is O=[N+]([O-])c1ccc(-c2cc(-c3ccc(Cl)cc3)nc(/N=c3\ccc4ccccc4o3)n2)cc1. The summed E-state index contributed by atoms with van der Waals surface area (Å²) in [5.41, 5.74) is 3.80. The molecule has 7 nitrogen and oxygen atoms in total. The molecule has 5 aromatic rings. The second-order valence-corrected chi connectivity index (χ2v) is 7.61. The van der Waals surface area contributed by atoms with Crippen molar-refractivity contribution >= 4 is 34.2 Å². The van der Waals surface area contributed by atoms with Crippen molar-refractivity contribution in [3.05, 3.63) is 112 Å². The van der Waals surface area contributed by atoms with Crippen molar-refractivity contribution < 1.29 is 9.34 Å². The van der Waals surface area contributed by atoms with Crippen LogP contribution in [-0.2, 0) is 0 Å². The van der Waals surface area contributed by atoms with Crippen molar-refractivity contribution in [2.45, 2.75) is 0 Å². The first kappa shape index (κ1) is 20.5. The number of halogens is 1. The van der Waals surface area contributed by atoms with Crippen molar-refractivity contribution in [2.24, 2.45) is 4.99 Å². The lowest BCUT2D eigenvalue weighted by molar-refractivity contribution is -0.384. The van der Waals surface area contributed by atoms with E-state index >= 15 is 0 Å². The van der Waals surface area contributed by atoms with Gasteiger partial charge >= 0.3 is 0 Å². The second-order valence-electron chi connectivity index (χ2n) is 7.17.